The number of nitrogens with zero attached hydrogens (tertiary/aromatic N) is 3. The van der Waals surface area contributed by atoms with Crippen LogP contribution in [0.15, 0.2) is 30.5 Å². The van der Waals surface area contributed by atoms with Crippen molar-refractivity contribution in [2.75, 3.05) is 13.6 Å². The van der Waals surface area contributed by atoms with Crippen LogP contribution in [-0.2, 0) is 6.54 Å². The molecule has 132 valence electrons. The number of hydrogen-bond donors (Lipinski definition) is 0. The fourth-order valence-corrected chi connectivity index (χ4v) is 3.96. The lowest BCUT2D eigenvalue weighted by molar-refractivity contribution is 0.0913. The van der Waals surface area contributed by atoms with E-state index in [1.807, 2.05) is 35.0 Å². The van der Waals surface area contributed by atoms with Crippen molar-refractivity contribution in [3.8, 4) is 6.07 Å². The minimum atomic E-state index is 0.179. The number of nitriles is 1. The topological polar surface area (TPSA) is 49.0 Å². The van der Waals surface area contributed by atoms with Gasteiger partial charge in [-0.05, 0) is 26.0 Å². The normalized spacial score (nSPS) is 16.0. The SMILES string of the molecule is CN(CC(=O)c1cn(CCC#N)c2ccccc12)C1CCCCCC1. The number of rotatable bonds is 6. The van der Waals surface area contributed by atoms with E-state index in [-0.39, 0.29) is 5.78 Å². The van der Waals surface area contributed by atoms with E-state index in [2.05, 4.69) is 18.0 Å². The molecule has 1 aliphatic rings. The second kappa shape index (κ2) is 8.31. The molecule has 0 amide bonds. The van der Waals surface area contributed by atoms with Gasteiger partial charge in [-0.25, -0.2) is 0 Å². The molecule has 1 aliphatic carbocycles. The number of Topliss-reactive ketones (excluding diaryl/α,β-unsaturated/α-hetero) is 1. The van der Waals surface area contributed by atoms with Gasteiger partial charge < -0.3 is 4.57 Å². The van der Waals surface area contributed by atoms with E-state index in [0.717, 1.165) is 16.5 Å². The van der Waals surface area contributed by atoms with Crippen LogP contribution in [0.1, 0.15) is 55.3 Å². The molecular formula is C21H27N3O. The van der Waals surface area contributed by atoms with Gasteiger partial charge in [-0.3, -0.25) is 9.69 Å². The maximum absolute atomic E-state index is 13.0. The first kappa shape index (κ1) is 17.7. The average Bonchev–Trinajstić information content (AvgIpc) is 2.80. The zero-order chi connectivity index (χ0) is 17.6. The average molecular weight is 337 g/mol. The van der Waals surface area contributed by atoms with E-state index in [0.29, 0.717) is 25.6 Å². The van der Waals surface area contributed by atoms with Crippen LogP contribution in [0, 0.1) is 11.3 Å². The van der Waals surface area contributed by atoms with Crippen molar-refractivity contribution in [3.63, 3.8) is 0 Å². The highest BCUT2D eigenvalue weighted by Gasteiger charge is 2.21. The molecule has 4 nitrogen and oxygen atoms in total. The lowest BCUT2D eigenvalue weighted by atomic mass is 10.1. The molecule has 0 radical (unpaired) electrons. The van der Waals surface area contributed by atoms with E-state index in [1.165, 1.54) is 38.5 Å². The van der Waals surface area contributed by atoms with Gasteiger partial charge in [0, 0.05) is 35.2 Å². The smallest absolute Gasteiger partial charge is 0.178 e. The highest BCUT2D eigenvalue weighted by molar-refractivity contribution is 6.09. The Balaban J connectivity index is 1.78. The summed E-state index contributed by atoms with van der Waals surface area (Å²) in [5.41, 5.74) is 1.83. The fraction of sp³-hybridized carbons (Fsp3) is 0.524. The Kier molecular flexibility index (Phi) is 5.88. The molecule has 1 saturated carbocycles. The summed E-state index contributed by atoms with van der Waals surface area (Å²) in [6, 6.07) is 10.7. The predicted molar refractivity (Wildman–Crippen MR) is 101 cm³/mol. The third-order valence-electron chi connectivity index (χ3n) is 5.39. The number of benzene rings is 1. The Morgan fingerprint density at radius 1 is 1.24 bits per heavy atom. The van der Waals surface area contributed by atoms with Gasteiger partial charge in [0.2, 0.25) is 0 Å². The summed E-state index contributed by atoms with van der Waals surface area (Å²) >= 11 is 0. The zero-order valence-corrected chi connectivity index (χ0v) is 15.1. The van der Waals surface area contributed by atoms with Crippen LogP contribution < -0.4 is 0 Å². The van der Waals surface area contributed by atoms with E-state index >= 15 is 0 Å². The van der Waals surface area contributed by atoms with Gasteiger partial charge in [-0.15, -0.1) is 0 Å². The predicted octanol–water partition coefficient (Wildman–Crippen LogP) is 4.39. The highest BCUT2D eigenvalue weighted by Crippen LogP contribution is 2.24. The molecule has 1 aromatic heterocycles. The lowest BCUT2D eigenvalue weighted by Crippen LogP contribution is -2.35. The molecule has 0 aliphatic heterocycles. The summed E-state index contributed by atoms with van der Waals surface area (Å²) in [7, 11) is 2.09. The van der Waals surface area contributed by atoms with E-state index in [1.54, 1.807) is 0 Å². The van der Waals surface area contributed by atoms with Crippen LogP contribution in [0.3, 0.4) is 0 Å². The molecule has 1 aromatic carbocycles. The second-order valence-electron chi connectivity index (χ2n) is 7.15. The summed E-state index contributed by atoms with van der Waals surface area (Å²) in [6.45, 7) is 1.10. The first-order valence-electron chi connectivity index (χ1n) is 9.39. The molecule has 0 unspecified atom stereocenters. The Hall–Kier alpha value is -2.12. The molecule has 0 bridgehead atoms. The quantitative estimate of drug-likeness (QED) is 0.580. The first-order chi connectivity index (χ1) is 12.2. The molecular weight excluding hydrogens is 310 g/mol. The standard InChI is InChI=1S/C21H27N3O/c1-23(17-9-4-2-3-5-10-17)16-21(25)19-15-24(14-8-13-22)20-12-7-6-11-18(19)20/h6-7,11-12,15,17H,2-5,8-10,14,16H2,1H3. The summed E-state index contributed by atoms with van der Waals surface area (Å²) in [5.74, 6) is 0.179. The molecule has 0 atom stereocenters. The number of fused-ring (bicyclic) bond motifs is 1. The van der Waals surface area contributed by atoms with Crippen molar-refractivity contribution in [3.05, 3.63) is 36.0 Å². The summed E-state index contributed by atoms with van der Waals surface area (Å²) in [5, 5.41) is 9.86. The maximum atomic E-state index is 13.0. The van der Waals surface area contributed by atoms with Gasteiger partial charge in [-0.1, -0.05) is 43.9 Å². The number of hydrogen-bond acceptors (Lipinski definition) is 3. The number of aromatic nitrogens is 1. The third-order valence-corrected chi connectivity index (χ3v) is 5.39. The van der Waals surface area contributed by atoms with E-state index in [4.69, 9.17) is 5.26 Å². The molecule has 0 N–H and O–H groups in total. The minimum Gasteiger partial charge on any atom is -0.346 e. The Morgan fingerprint density at radius 2 is 1.96 bits per heavy atom. The van der Waals surface area contributed by atoms with Crippen molar-refractivity contribution < 1.29 is 4.79 Å². The minimum absolute atomic E-state index is 0.179. The van der Waals surface area contributed by atoms with Gasteiger partial charge in [0.25, 0.3) is 0 Å². The third kappa shape index (κ3) is 4.11. The van der Waals surface area contributed by atoms with Crippen LogP contribution in [-0.4, -0.2) is 34.9 Å². The molecule has 2 aromatic rings. The first-order valence-corrected chi connectivity index (χ1v) is 9.39. The summed E-state index contributed by atoms with van der Waals surface area (Å²) < 4.78 is 2.04. The molecule has 3 rings (SSSR count). The van der Waals surface area contributed by atoms with Gasteiger partial charge in [0.05, 0.1) is 19.0 Å². The lowest BCUT2D eigenvalue weighted by Gasteiger charge is -2.26. The van der Waals surface area contributed by atoms with Gasteiger partial charge in [0.15, 0.2) is 5.78 Å². The Morgan fingerprint density at radius 3 is 2.68 bits per heavy atom. The number of para-hydroxylation sites is 1. The van der Waals surface area contributed by atoms with Gasteiger partial charge in [-0.2, -0.15) is 5.26 Å². The monoisotopic (exact) mass is 337 g/mol. The Bertz CT molecular complexity index is 763. The van der Waals surface area contributed by atoms with Crippen LogP contribution in [0.25, 0.3) is 10.9 Å². The summed E-state index contributed by atoms with van der Waals surface area (Å²) in [4.78, 5) is 15.2. The molecule has 1 fully saturated rings. The Labute approximate surface area is 150 Å². The molecule has 1 heterocycles. The van der Waals surface area contributed by atoms with Crippen LogP contribution in [0.2, 0.25) is 0 Å². The van der Waals surface area contributed by atoms with Crippen LogP contribution >= 0.6 is 0 Å². The number of likely N-dealkylation sites (N-methyl/N-ethyl adjacent to an activating group) is 1. The molecule has 4 heteroatoms. The van der Waals surface area contributed by atoms with Crippen LogP contribution in [0.5, 0.6) is 0 Å². The van der Waals surface area contributed by atoms with Crippen molar-refractivity contribution in [2.24, 2.45) is 0 Å². The number of carbonyl (C=O) groups excluding carboxylic acids is 1. The van der Waals surface area contributed by atoms with Crippen molar-refractivity contribution >= 4 is 16.7 Å². The van der Waals surface area contributed by atoms with E-state index < -0.39 is 0 Å². The zero-order valence-electron chi connectivity index (χ0n) is 15.1. The number of carbonyl (C=O) groups is 1. The number of aryl methyl sites for hydroxylation is 1. The summed E-state index contributed by atoms with van der Waals surface area (Å²) in [6.07, 6.45) is 9.99. The maximum Gasteiger partial charge on any atom is 0.178 e. The van der Waals surface area contributed by atoms with Crippen molar-refractivity contribution in [1.29, 1.82) is 5.26 Å². The van der Waals surface area contributed by atoms with Gasteiger partial charge in [0.1, 0.15) is 0 Å². The number of ketones is 1. The van der Waals surface area contributed by atoms with Gasteiger partial charge >= 0.3 is 0 Å². The van der Waals surface area contributed by atoms with E-state index in [9.17, 15) is 4.79 Å². The van der Waals surface area contributed by atoms with Crippen molar-refractivity contribution in [2.45, 2.75) is 57.5 Å². The largest absolute Gasteiger partial charge is 0.346 e. The molecule has 0 saturated heterocycles. The second-order valence-corrected chi connectivity index (χ2v) is 7.15. The van der Waals surface area contributed by atoms with Crippen LogP contribution in [0.4, 0.5) is 0 Å². The van der Waals surface area contributed by atoms with Crippen molar-refractivity contribution in [1.82, 2.24) is 9.47 Å². The fourth-order valence-electron chi connectivity index (χ4n) is 3.96. The molecule has 0 spiro atoms. The highest BCUT2D eigenvalue weighted by atomic mass is 16.1. The molecule has 25 heavy (non-hydrogen) atoms.